The van der Waals surface area contributed by atoms with E-state index in [2.05, 4.69) is 15.3 Å². The van der Waals surface area contributed by atoms with Crippen molar-refractivity contribution >= 4 is 27.8 Å². The van der Waals surface area contributed by atoms with E-state index in [1.165, 1.54) is 16.2 Å². The van der Waals surface area contributed by atoms with Gasteiger partial charge in [0.05, 0.1) is 12.2 Å². The van der Waals surface area contributed by atoms with Crippen LogP contribution in [-0.2, 0) is 6.54 Å². The molecule has 0 aliphatic carbocycles. The van der Waals surface area contributed by atoms with Gasteiger partial charge in [-0.05, 0) is 13.8 Å². The molecule has 2 N–H and O–H groups in total. The zero-order chi connectivity index (χ0) is 10.8. The summed E-state index contributed by atoms with van der Waals surface area (Å²) in [7, 11) is 0. The largest absolute Gasteiger partial charge is 0.356 e. The number of H-pyrrole nitrogens is 1. The summed E-state index contributed by atoms with van der Waals surface area (Å²) in [6.45, 7) is 4.65. The lowest BCUT2D eigenvalue weighted by Crippen LogP contribution is -2.02. The summed E-state index contributed by atoms with van der Waals surface area (Å²) >= 11 is 2.81. The van der Waals surface area contributed by atoms with E-state index in [4.69, 9.17) is 0 Å². The zero-order valence-electron chi connectivity index (χ0n) is 8.46. The van der Waals surface area contributed by atoms with E-state index in [0.29, 0.717) is 6.54 Å². The maximum Gasteiger partial charge on any atom is 0.304 e. The molecular weight excluding hydrogens is 230 g/mol. The molecule has 0 radical (unpaired) electrons. The minimum absolute atomic E-state index is 0.0155. The summed E-state index contributed by atoms with van der Waals surface area (Å²) in [5.74, 6) is 0. The second kappa shape index (κ2) is 4.16. The number of anilines is 1. The molecule has 15 heavy (non-hydrogen) atoms. The number of nitrogens with zero attached hydrogens (tertiary/aromatic N) is 1. The van der Waals surface area contributed by atoms with Crippen LogP contribution >= 0.6 is 22.7 Å². The van der Waals surface area contributed by atoms with Gasteiger partial charge in [-0.2, -0.15) is 0 Å². The van der Waals surface area contributed by atoms with Gasteiger partial charge in [0.15, 0.2) is 5.13 Å². The fraction of sp³-hybridized carbons (Fsp3) is 0.333. The highest BCUT2D eigenvalue weighted by molar-refractivity contribution is 7.15. The van der Waals surface area contributed by atoms with E-state index in [0.717, 1.165) is 16.5 Å². The third-order valence-corrected chi connectivity index (χ3v) is 3.78. The number of hydrogen-bond acceptors (Lipinski definition) is 5. The zero-order valence-corrected chi connectivity index (χ0v) is 10.1. The first-order valence-corrected chi connectivity index (χ1v) is 6.19. The molecule has 0 atom stereocenters. The summed E-state index contributed by atoms with van der Waals surface area (Å²) in [5, 5.41) is 5.90. The molecule has 0 spiro atoms. The third-order valence-electron chi connectivity index (χ3n) is 2.03. The molecule has 0 aromatic carbocycles. The number of aromatic amines is 1. The molecule has 2 aromatic heterocycles. The average molecular weight is 241 g/mol. The summed E-state index contributed by atoms with van der Waals surface area (Å²) in [4.78, 5) is 19.2. The van der Waals surface area contributed by atoms with E-state index in [9.17, 15) is 4.79 Å². The average Bonchev–Trinajstić information content (AvgIpc) is 2.72. The van der Waals surface area contributed by atoms with Crippen molar-refractivity contribution in [2.45, 2.75) is 20.4 Å². The molecular formula is C9H11N3OS2. The van der Waals surface area contributed by atoms with E-state index >= 15 is 0 Å². The summed E-state index contributed by atoms with van der Waals surface area (Å²) in [6.07, 6.45) is 0. The van der Waals surface area contributed by atoms with Gasteiger partial charge in [-0.15, -0.1) is 11.3 Å². The minimum atomic E-state index is -0.0155. The first-order chi connectivity index (χ1) is 7.15. The van der Waals surface area contributed by atoms with Crippen LogP contribution in [0.25, 0.3) is 0 Å². The third kappa shape index (κ3) is 2.45. The molecule has 0 aliphatic rings. The summed E-state index contributed by atoms with van der Waals surface area (Å²) < 4.78 is 0. The van der Waals surface area contributed by atoms with Gasteiger partial charge in [0, 0.05) is 16.0 Å². The fourth-order valence-electron chi connectivity index (χ4n) is 1.12. The molecule has 4 nitrogen and oxygen atoms in total. The quantitative estimate of drug-likeness (QED) is 0.865. The van der Waals surface area contributed by atoms with Gasteiger partial charge in [0.2, 0.25) is 0 Å². The number of aryl methyl sites for hydroxylation is 2. The van der Waals surface area contributed by atoms with E-state index in [1.54, 1.807) is 11.3 Å². The van der Waals surface area contributed by atoms with Crippen LogP contribution in [-0.4, -0.2) is 9.97 Å². The Balaban J connectivity index is 2.01. The Bertz CT molecular complexity index is 492. The Morgan fingerprint density at radius 3 is 2.87 bits per heavy atom. The van der Waals surface area contributed by atoms with Gasteiger partial charge in [0.25, 0.3) is 0 Å². The van der Waals surface area contributed by atoms with E-state index in [1.807, 2.05) is 19.2 Å². The second-order valence-corrected chi connectivity index (χ2v) is 5.23. The molecule has 2 heterocycles. The van der Waals surface area contributed by atoms with Crippen molar-refractivity contribution in [2.24, 2.45) is 0 Å². The first-order valence-electron chi connectivity index (χ1n) is 4.50. The van der Waals surface area contributed by atoms with Crippen molar-refractivity contribution < 1.29 is 0 Å². The van der Waals surface area contributed by atoms with Gasteiger partial charge < -0.3 is 10.3 Å². The topological polar surface area (TPSA) is 57.8 Å². The van der Waals surface area contributed by atoms with Crippen LogP contribution < -0.4 is 10.2 Å². The predicted molar refractivity (Wildman–Crippen MR) is 63.9 cm³/mol. The fourth-order valence-corrected chi connectivity index (χ4v) is 2.51. The van der Waals surface area contributed by atoms with Crippen molar-refractivity contribution in [3.63, 3.8) is 0 Å². The lowest BCUT2D eigenvalue weighted by Gasteiger charge is -1.98. The Morgan fingerprint density at radius 2 is 2.33 bits per heavy atom. The molecule has 0 saturated carbocycles. The molecule has 2 rings (SSSR count). The Hall–Kier alpha value is -1.14. The summed E-state index contributed by atoms with van der Waals surface area (Å²) in [6, 6.07) is 0. The number of hydrogen-bond donors (Lipinski definition) is 2. The van der Waals surface area contributed by atoms with E-state index < -0.39 is 0 Å². The molecule has 6 heteroatoms. The highest BCUT2D eigenvalue weighted by Gasteiger charge is 2.03. The Morgan fingerprint density at radius 1 is 1.53 bits per heavy atom. The van der Waals surface area contributed by atoms with Crippen LogP contribution in [0.1, 0.15) is 16.3 Å². The first kappa shape index (κ1) is 10.4. The lowest BCUT2D eigenvalue weighted by molar-refractivity contribution is 1.05. The van der Waals surface area contributed by atoms with Crippen molar-refractivity contribution in [1.82, 2.24) is 9.97 Å². The van der Waals surface area contributed by atoms with E-state index in [-0.39, 0.29) is 4.87 Å². The van der Waals surface area contributed by atoms with Gasteiger partial charge in [0.1, 0.15) is 0 Å². The van der Waals surface area contributed by atoms with Crippen LogP contribution in [0, 0.1) is 13.8 Å². The number of rotatable bonds is 3. The van der Waals surface area contributed by atoms with Crippen LogP contribution in [0.2, 0.25) is 0 Å². The predicted octanol–water partition coefficient (Wildman–Crippen LogP) is 2.12. The van der Waals surface area contributed by atoms with Gasteiger partial charge in [-0.3, -0.25) is 4.79 Å². The molecule has 80 valence electrons. The maximum absolute atomic E-state index is 10.9. The monoisotopic (exact) mass is 241 g/mol. The van der Waals surface area contributed by atoms with Crippen LogP contribution in [0.4, 0.5) is 5.13 Å². The SMILES string of the molecule is Cc1nc(NCc2csc(=O)[nH]2)sc1C. The maximum atomic E-state index is 10.9. The van der Waals surface area contributed by atoms with Crippen molar-refractivity contribution in [1.29, 1.82) is 0 Å². The number of nitrogens with one attached hydrogen (secondary N) is 2. The number of thiazole rings is 2. The molecule has 0 aliphatic heterocycles. The molecule has 0 unspecified atom stereocenters. The Labute approximate surface area is 95.0 Å². The highest BCUT2D eigenvalue weighted by Crippen LogP contribution is 2.21. The van der Waals surface area contributed by atoms with Crippen LogP contribution in [0.3, 0.4) is 0 Å². The van der Waals surface area contributed by atoms with Gasteiger partial charge in [-0.1, -0.05) is 11.3 Å². The molecule has 0 saturated heterocycles. The normalized spacial score (nSPS) is 10.5. The van der Waals surface area contributed by atoms with Crippen LogP contribution in [0.15, 0.2) is 10.2 Å². The molecule has 0 fully saturated rings. The molecule has 0 amide bonds. The Kier molecular flexibility index (Phi) is 2.88. The minimum Gasteiger partial charge on any atom is -0.356 e. The number of aromatic nitrogens is 2. The summed E-state index contributed by atoms with van der Waals surface area (Å²) in [5.41, 5.74) is 1.96. The smallest absolute Gasteiger partial charge is 0.304 e. The highest BCUT2D eigenvalue weighted by atomic mass is 32.1. The van der Waals surface area contributed by atoms with Crippen LogP contribution in [0.5, 0.6) is 0 Å². The standard InChI is InChI=1S/C9H11N3OS2/c1-5-6(2)15-8(11-5)10-3-7-4-14-9(13)12-7/h4H,3H2,1-2H3,(H,10,11)(H,12,13). The van der Waals surface area contributed by atoms with Crippen molar-refractivity contribution in [3.8, 4) is 0 Å². The lowest BCUT2D eigenvalue weighted by atomic mass is 10.4. The van der Waals surface area contributed by atoms with Gasteiger partial charge in [-0.25, -0.2) is 4.98 Å². The van der Waals surface area contributed by atoms with Crippen molar-refractivity contribution in [2.75, 3.05) is 5.32 Å². The molecule has 0 bridgehead atoms. The van der Waals surface area contributed by atoms with Crippen molar-refractivity contribution in [3.05, 3.63) is 31.3 Å². The van der Waals surface area contributed by atoms with Gasteiger partial charge >= 0.3 is 4.87 Å². The molecule has 2 aromatic rings. The second-order valence-electron chi connectivity index (χ2n) is 3.19.